The van der Waals surface area contributed by atoms with E-state index in [1.165, 1.54) is 19.2 Å². The molecule has 0 spiro atoms. The first-order valence-corrected chi connectivity index (χ1v) is 9.20. The van der Waals surface area contributed by atoms with Crippen molar-refractivity contribution in [3.63, 3.8) is 0 Å². The number of hydrogen-bond acceptors (Lipinski definition) is 4. The smallest absolute Gasteiger partial charge is 0.355 e. The monoisotopic (exact) mass is 428 g/mol. The molecular formula is C22H19F3N4O2. The van der Waals surface area contributed by atoms with Crippen LogP contribution in [-0.4, -0.2) is 24.4 Å². The van der Waals surface area contributed by atoms with Gasteiger partial charge in [-0.3, -0.25) is 14.5 Å². The number of nitrogens with one attached hydrogen (secondary N) is 1. The topological polar surface area (TPSA) is 76.4 Å². The minimum Gasteiger partial charge on any atom is -0.355 e. The first kappa shape index (κ1) is 21.9. The van der Waals surface area contributed by atoms with Crippen LogP contribution >= 0.6 is 0 Å². The number of anilines is 2. The van der Waals surface area contributed by atoms with Gasteiger partial charge in [-0.1, -0.05) is 6.58 Å². The zero-order chi connectivity index (χ0) is 23.1. The van der Waals surface area contributed by atoms with Crippen molar-refractivity contribution in [3.8, 4) is 6.07 Å². The maximum Gasteiger partial charge on any atom is 0.417 e. The van der Waals surface area contributed by atoms with Crippen LogP contribution in [0.25, 0.3) is 0 Å². The number of alkyl halides is 3. The van der Waals surface area contributed by atoms with E-state index in [0.29, 0.717) is 11.3 Å². The molecule has 0 saturated carbocycles. The number of rotatable bonds is 3. The molecule has 0 bridgehead atoms. The van der Waals surface area contributed by atoms with Crippen molar-refractivity contribution in [2.45, 2.75) is 25.6 Å². The fourth-order valence-corrected chi connectivity index (χ4v) is 3.56. The highest BCUT2D eigenvalue weighted by Gasteiger charge is 2.49. The van der Waals surface area contributed by atoms with Crippen molar-refractivity contribution < 1.29 is 22.8 Å². The normalized spacial score (nSPS) is 15.8. The van der Waals surface area contributed by atoms with Crippen LogP contribution in [0, 0.1) is 11.3 Å². The lowest BCUT2D eigenvalue weighted by Crippen LogP contribution is -2.43. The van der Waals surface area contributed by atoms with Gasteiger partial charge in [0.15, 0.2) is 0 Å². The van der Waals surface area contributed by atoms with Crippen molar-refractivity contribution in [1.82, 2.24) is 5.32 Å². The predicted molar refractivity (Wildman–Crippen MR) is 109 cm³/mol. The van der Waals surface area contributed by atoms with Gasteiger partial charge in [-0.25, -0.2) is 0 Å². The molecule has 2 amide bonds. The lowest BCUT2D eigenvalue weighted by molar-refractivity contribution is -0.137. The minimum absolute atomic E-state index is 0.0427. The van der Waals surface area contributed by atoms with Crippen LogP contribution in [0.1, 0.15) is 35.3 Å². The quantitative estimate of drug-likeness (QED) is 0.801. The molecule has 0 radical (unpaired) electrons. The first-order chi connectivity index (χ1) is 14.4. The van der Waals surface area contributed by atoms with Crippen molar-refractivity contribution in [1.29, 1.82) is 5.26 Å². The fourth-order valence-electron chi connectivity index (χ4n) is 3.56. The Labute approximate surface area is 177 Å². The second-order valence-corrected chi connectivity index (χ2v) is 7.42. The number of nitriles is 1. The number of carbonyl (C=O) groups is 2. The Morgan fingerprint density at radius 2 is 1.71 bits per heavy atom. The van der Waals surface area contributed by atoms with E-state index >= 15 is 0 Å². The maximum atomic E-state index is 13.4. The second-order valence-electron chi connectivity index (χ2n) is 7.42. The predicted octanol–water partition coefficient (Wildman–Crippen LogP) is 4.04. The van der Waals surface area contributed by atoms with Crippen LogP contribution in [0.4, 0.5) is 24.5 Å². The van der Waals surface area contributed by atoms with Gasteiger partial charge in [0.25, 0.3) is 11.8 Å². The molecule has 0 atom stereocenters. The largest absolute Gasteiger partial charge is 0.417 e. The van der Waals surface area contributed by atoms with Crippen LogP contribution in [0.2, 0.25) is 0 Å². The third-order valence-corrected chi connectivity index (χ3v) is 5.10. The lowest BCUT2D eigenvalue weighted by Gasteiger charge is -2.30. The molecule has 9 heteroatoms. The number of nitrogens with zero attached hydrogens (tertiary/aromatic N) is 3. The molecule has 31 heavy (non-hydrogen) atoms. The van der Waals surface area contributed by atoms with E-state index in [1.54, 1.807) is 43.0 Å². The summed E-state index contributed by atoms with van der Waals surface area (Å²) in [6.07, 6.45) is -4.75. The van der Waals surface area contributed by atoms with E-state index < -0.39 is 28.7 Å². The molecule has 2 aromatic carbocycles. The Balaban J connectivity index is 2.06. The van der Waals surface area contributed by atoms with Gasteiger partial charge >= 0.3 is 6.18 Å². The summed E-state index contributed by atoms with van der Waals surface area (Å²) in [7, 11) is 1.50. The van der Waals surface area contributed by atoms with Gasteiger partial charge < -0.3 is 10.2 Å². The van der Waals surface area contributed by atoms with E-state index in [9.17, 15) is 22.8 Å². The highest BCUT2D eigenvalue weighted by atomic mass is 19.4. The van der Waals surface area contributed by atoms with Crippen molar-refractivity contribution in [2.75, 3.05) is 16.8 Å². The Morgan fingerprint density at radius 3 is 2.23 bits per heavy atom. The van der Waals surface area contributed by atoms with Crippen molar-refractivity contribution in [3.05, 3.63) is 71.6 Å². The van der Waals surface area contributed by atoms with Crippen LogP contribution in [0.3, 0.4) is 0 Å². The SMILES string of the molecule is C=C1N(c2ccc(C#N)c(C(F)(F)F)c2)C(=O)C(C)(C)N1c1ccc(C(=O)NC)cc1. The van der Waals surface area contributed by atoms with Gasteiger partial charge in [-0.15, -0.1) is 0 Å². The summed E-state index contributed by atoms with van der Waals surface area (Å²) in [4.78, 5) is 27.6. The van der Waals surface area contributed by atoms with Gasteiger partial charge in [-0.05, 0) is 56.3 Å². The van der Waals surface area contributed by atoms with Crippen LogP contribution in [0.15, 0.2) is 54.9 Å². The number of amides is 2. The zero-order valence-electron chi connectivity index (χ0n) is 17.0. The van der Waals surface area contributed by atoms with Crippen LogP contribution in [0.5, 0.6) is 0 Å². The van der Waals surface area contributed by atoms with Crippen molar-refractivity contribution >= 4 is 23.2 Å². The van der Waals surface area contributed by atoms with E-state index in [1.807, 2.05) is 0 Å². The van der Waals surface area contributed by atoms with E-state index in [4.69, 9.17) is 5.26 Å². The molecule has 160 valence electrons. The molecule has 1 aliphatic heterocycles. The third-order valence-electron chi connectivity index (χ3n) is 5.10. The number of hydrogen-bond donors (Lipinski definition) is 1. The van der Waals surface area contributed by atoms with Gasteiger partial charge in [-0.2, -0.15) is 18.4 Å². The van der Waals surface area contributed by atoms with E-state index in [2.05, 4.69) is 11.9 Å². The molecule has 0 unspecified atom stereocenters. The number of halogens is 3. The molecular weight excluding hydrogens is 409 g/mol. The van der Waals surface area contributed by atoms with E-state index in [0.717, 1.165) is 17.0 Å². The summed E-state index contributed by atoms with van der Waals surface area (Å²) in [5.41, 5.74) is -1.90. The Morgan fingerprint density at radius 1 is 1.13 bits per heavy atom. The summed E-state index contributed by atoms with van der Waals surface area (Å²) in [6, 6.07) is 11.0. The summed E-state index contributed by atoms with van der Waals surface area (Å²) in [5.74, 6) is -0.604. The Kier molecular flexibility index (Phi) is 5.28. The van der Waals surface area contributed by atoms with Crippen LogP contribution < -0.4 is 15.1 Å². The average Bonchev–Trinajstić information content (AvgIpc) is 2.90. The highest BCUT2D eigenvalue weighted by molar-refractivity contribution is 6.09. The molecule has 1 N–H and O–H groups in total. The van der Waals surface area contributed by atoms with Gasteiger partial charge in [0, 0.05) is 18.3 Å². The molecule has 0 aliphatic carbocycles. The molecule has 1 heterocycles. The maximum absolute atomic E-state index is 13.4. The molecule has 3 rings (SSSR count). The second kappa shape index (κ2) is 7.47. The van der Waals surface area contributed by atoms with Gasteiger partial charge in [0.1, 0.15) is 11.4 Å². The molecule has 0 aromatic heterocycles. The van der Waals surface area contributed by atoms with Crippen LogP contribution in [-0.2, 0) is 11.0 Å². The standard InChI is InChI=1S/C22H19F3N4O2/c1-13-28(17-10-7-15(12-26)18(11-17)22(23,24)25)20(31)21(2,3)29(13)16-8-5-14(6-9-16)19(30)27-4/h5-11H,1H2,2-4H3,(H,27,30). The molecule has 6 nitrogen and oxygen atoms in total. The lowest BCUT2D eigenvalue weighted by atomic mass is 10.0. The molecule has 1 fully saturated rings. The summed E-state index contributed by atoms with van der Waals surface area (Å²) in [6.45, 7) is 7.18. The number of benzene rings is 2. The highest BCUT2D eigenvalue weighted by Crippen LogP contribution is 2.42. The summed E-state index contributed by atoms with van der Waals surface area (Å²) >= 11 is 0. The van der Waals surface area contributed by atoms with Crippen molar-refractivity contribution in [2.24, 2.45) is 0 Å². The van der Waals surface area contributed by atoms with E-state index in [-0.39, 0.29) is 17.4 Å². The molecule has 1 saturated heterocycles. The van der Waals surface area contributed by atoms with Gasteiger partial charge in [0.2, 0.25) is 0 Å². The number of carbonyl (C=O) groups excluding carboxylic acids is 2. The molecule has 1 aliphatic rings. The Bertz CT molecular complexity index is 1120. The molecule has 2 aromatic rings. The fraction of sp³-hybridized carbons (Fsp3) is 0.227. The van der Waals surface area contributed by atoms with Gasteiger partial charge in [0.05, 0.1) is 22.9 Å². The minimum atomic E-state index is -4.75. The first-order valence-electron chi connectivity index (χ1n) is 9.20. The summed E-state index contributed by atoms with van der Waals surface area (Å²) in [5, 5.41) is 11.5. The summed E-state index contributed by atoms with van der Waals surface area (Å²) < 4.78 is 40.2. The average molecular weight is 428 g/mol. The zero-order valence-corrected chi connectivity index (χ0v) is 17.0. The Hall–Kier alpha value is -3.80. The third kappa shape index (κ3) is 3.61.